The molecule has 0 bridgehead atoms. The number of carbonyl (C=O) groups excluding carboxylic acids is 1. The molecule has 5 nitrogen and oxygen atoms in total. The largest absolute Gasteiger partial charge is 0.339 e. The third kappa shape index (κ3) is 4.30. The van der Waals surface area contributed by atoms with Gasteiger partial charge in [-0.2, -0.15) is 0 Å². The van der Waals surface area contributed by atoms with Gasteiger partial charge in [-0.15, -0.1) is 10.2 Å². The Bertz CT molecular complexity index is 898. The summed E-state index contributed by atoms with van der Waals surface area (Å²) in [6, 6.07) is 14.3. The highest BCUT2D eigenvalue weighted by Gasteiger charge is 2.09. The van der Waals surface area contributed by atoms with Crippen molar-refractivity contribution in [2.24, 2.45) is 0 Å². The van der Waals surface area contributed by atoms with Crippen molar-refractivity contribution in [1.29, 1.82) is 0 Å². The molecule has 0 unspecified atom stereocenters. The number of halogens is 2. The molecule has 0 fully saturated rings. The second-order valence-electron chi connectivity index (χ2n) is 5.35. The molecule has 1 heterocycles. The maximum Gasteiger partial charge on any atom is 0.276 e. The summed E-state index contributed by atoms with van der Waals surface area (Å²) in [4.78, 5) is 12.2. The van der Waals surface area contributed by atoms with Gasteiger partial charge in [-0.05, 0) is 61.0 Å². The summed E-state index contributed by atoms with van der Waals surface area (Å²) in [6.45, 7) is 1.88. The molecular weight excluding hydrogens is 343 g/mol. The third-order valence-corrected chi connectivity index (χ3v) is 3.85. The van der Waals surface area contributed by atoms with Crippen LogP contribution in [-0.2, 0) is 0 Å². The van der Waals surface area contributed by atoms with Gasteiger partial charge in [0, 0.05) is 16.4 Å². The van der Waals surface area contributed by atoms with Gasteiger partial charge < -0.3 is 10.6 Å². The van der Waals surface area contributed by atoms with Gasteiger partial charge in [0.25, 0.3) is 5.91 Å². The number of anilines is 3. The van der Waals surface area contributed by atoms with E-state index in [1.54, 1.807) is 36.4 Å². The van der Waals surface area contributed by atoms with Crippen molar-refractivity contribution in [3.05, 3.63) is 76.7 Å². The number of aromatic nitrogens is 2. The summed E-state index contributed by atoms with van der Waals surface area (Å²) in [7, 11) is 0. The molecule has 1 amide bonds. The highest BCUT2D eigenvalue weighted by atomic mass is 35.5. The van der Waals surface area contributed by atoms with Crippen LogP contribution in [0.1, 0.15) is 16.1 Å². The standard InChI is InChI=1S/C18H14ClFN4O/c1-11-2-5-14(10-15(11)19)22-18(25)16-8-9-17(24-23-16)21-13-6-3-12(20)4-7-13/h2-10H,1H3,(H,21,24)(H,22,25). The van der Waals surface area contributed by atoms with Crippen LogP contribution in [0.15, 0.2) is 54.6 Å². The van der Waals surface area contributed by atoms with E-state index in [-0.39, 0.29) is 17.4 Å². The van der Waals surface area contributed by atoms with Gasteiger partial charge in [0.2, 0.25) is 0 Å². The minimum Gasteiger partial charge on any atom is -0.339 e. The average Bonchev–Trinajstić information content (AvgIpc) is 2.61. The van der Waals surface area contributed by atoms with E-state index in [1.165, 1.54) is 12.1 Å². The maximum absolute atomic E-state index is 12.9. The van der Waals surface area contributed by atoms with Crippen LogP contribution in [-0.4, -0.2) is 16.1 Å². The van der Waals surface area contributed by atoms with Crippen molar-refractivity contribution >= 4 is 34.7 Å². The number of nitrogens with one attached hydrogen (secondary N) is 2. The van der Waals surface area contributed by atoms with E-state index in [0.717, 1.165) is 5.56 Å². The van der Waals surface area contributed by atoms with Crippen LogP contribution in [0, 0.1) is 12.7 Å². The van der Waals surface area contributed by atoms with Gasteiger partial charge in [-0.1, -0.05) is 17.7 Å². The second-order valence-corrected chi connectivity index (χ2v) is 5.76. The molecule has 25 heavy (non-hydrogen) atoms. The number of hydrogen-bond donors (Lipinski definition) is 2. The fourth-order valence-corrected chi connectivity index (χ4v) is 2.25. The molecule has 0 spiro atoms. The molecular formula is C18H14ClFN4O. The first kappa shape index (κ1) is 16.9. The Balaban J connectivity index is 1.67. The van der Waals surface area contributed by atoms with Crippen molar-refractivity contribution in [1.82, 2.24) is 10.2 Å². The molecule has 0 aliphatic carbocycles. The lowest BCUT2D eigenvalue weighted by atomic mass is 10.2. The summed E-state index contributed by atoms with van der Waals surface area (Å²) in [5.41, 5.74) is 2.34. The second kappa shape index (κ2) is 7.27. The lowest BCUT2D eigenvalue weighted by Crippen LogP contribution is -2.14. The summed E-state index contributed by atoms with van der Waals surface area (Å²) in [6.07, 6.45) is 0. The number of aryl methyl sites for hydroxylation is 1. The number of nitrogens with zero attached hydrogens (tertiary/aromatic N) is 2. The first-order valence-corrected chi connectivity index (χ1v) is 7.83. The highest BCUT2D eigenvalue weighted by Crippen LogP contribution is 2.20. The SMILES string of the molecule is Cc1ccc(NC(=O)c2ccc(Nc3ccc(F)cc3)nn2)cc1Cl. The fraction of sp³-hybridized carbons (Fsp3) is 0.0556. The van der Waals surface area contributed by atoms with Gasteiger partial charge in [0.1, 0.15) is 5.82 Å². The van der Waals surface area contributed by atoms with Crippen molar-refractivity contribution in [2.75, 3.05) is 10.6 Å². The molecule has 2 aromatic carbocycles. The maximum atomic E-state index is 12.9. The number of hydrogen-bond acceptors (Lipinski definition) is 4. The van der Waals surface area contributed by atoms with E-state index in [1.807, 2.05) is 13.0 Å². The van der Waals surface area contributed by atoms with Crippen LogP contribution in [0.2, 0.25) is 5.02 Å². The molecule has 0 aliphatic heterocycles. The van der Waals surface area contributed by atoms with Crippen LogP contribution in [0.3, 0.4) is 0 Å². The predicted molar refractivity (Wildman–Crippen MR) is 95.9 cm³/mol. The quantitative estimate of drug-likeness (QED) is 0.718. The Labute approximate surface area is 148 Å². The van der Waals surface area contributed by atoms with E-state index in [9.17, 15) is 9.18 Å². The molecule has 2 N–H and O–H groups in total. The molecule has 7 heteroatoms. The van der Waals surface area contributed by atoms with Crippen molar-refractivity contribution in [2.45, 2.75) is 6.92 Å². The van der Waals surface area contributed by atoms with Crippen molar-refractivity contribution < 1.29 is 9.18 Å². The normalized spacial score (nSPS) is 10.4. The first-order valence-electron chi connectivity index (χ1n) is 7.45. The summed E-state index contributed by atoms with van der Waals surface area (Å²) < 4.78 is 12.9. The van der Waals surface area contributed by atoms with Gasteiger partial charge >= 0.3 is 0 Å². The molecule has 0 saturated carbocycles. The molecule has 0 atom stereocenters. The minimum atomic E-state index is -0.388. The first-order chi connectivity index (χ1) is 12.0. The van der Waals surface area contributed by atoms with E-state index >= 15 is 0 Å². The number of benzene rings is 2. The summed E-state index contributed by atoms with van der Waals surface area (Å²) in [5.74, 6) is -0.262. The lowest BCUT2D eigenvalue weighted by Gasteiger charge is -2.07. The molecule has 0 radical (unpaired) electrons. The number of amides is 1. The Morgan fingerprint density at radius 3 is 2.36 bits per heavy atom. The molecule has 3 rings (SSSR count). The average molecular weight is 357 g/mol. The predicted octanol–water partition coefficient (Wildman–Crippen LogP) is 4.57. The Kier molecular flexibility index (Phi) is 4.90. The fourth-order valence-electron chi connectivity index (χ4n) is 2.07. The summed E-state index contributed by atoms with van der Waals surface area (Å²) >= 11 is 6.04. The van der Waals surface area contributed by atoms with Crippen LogP contribution < -0.4 is 10.6 Å². The number of carbonyl (C=O) groups is 1. The Morgan fingerprint density at radius 2 is 1.72 bits per heavy atom. The third-order valence-electron chi connectivity index (χ3n) is 3.44. The van der Waals surface area contributed by atoms with Crippen LogP contribution in [0.5, 0.6) is 0 Å². The lowest BCUT2D eigenvalue weighted by molar-refractivity contribution is 0.102. The van der Waals surface area contributed by atoms with E-state index in [0.29, 0.717) is 22.2 Å². The zero-order valence-corrected chi connectivity index (χ0v) is 14.0. The molecule has 0 aliphatic rings. The van der Waals surface area contributed by atoms with Crippen LogP contribution in [0.4, 0.5) is 21.6 Å². The highest BCUT2D eigenvalue weighted by molar-refractivity contribution is 6.31. The Morgan fingerprint density at radius 1 is 1.00 bits per heavy atom. The zero-order valence-electron chi connectivity index (χ0n) is 13.3. The molecule has 3 aromatic rings. The molecule has 126 valence electrons. The topological polar surface area (TPSA) is 66.9 Å². The number of rotatable bonds is 4. The van der Waals surface area contributed by atoms with Crippen LogP contribution in [0.25, 0.3) is 0 Å². The van der Waals surface area contributed by atoms with Crippen molar-refractivity contribution in [3.8, 4) is 0 Å². The smallest absolute Gasteiger partial charge is 0.276 e. The van der Waals surface area contributed by atoms with E-state index in [2.05, 4.69) is 20.8 Å². The van der Waals surface area contributed by atoms with Crippen molar-refractivity contribution in [3.63, 3.8) is 0 Å². The minimum absolute atomic E-state index is 0.168. The summed E-state index contributed by atoms with van der Waals surface area (Å²) in [5, 5.41) is 14.1. The monoisotopic (exact) mass is 356 g/mol. The zero-order chi connectivity index (χ0) is 17.8. The van der Waals surface area contributed by atoms with Gasteiger partial charge in [0.05, 0.1) is 0 Å². The molecule has 0 saturated heterocycles. The van der Waals surface area contributed by atoms with Crippen LogP contribution >= 0.6 is 11.6 Å². The van der Waals surface area contributed by atoms with Gasteiger partial charge in [0.15, 0.2) is 11.5 Å². The van der Waals surface area contributed by atoms with E-state index in [4.69, 9.17) is 11.6 Å². The van der Waals surface area contributed by atoms with E-state index < -0.39 is 0 Å². The molecule has 1 aromatic heterocycles. The Hall–Kier alpha value is -2.99. The van der Waals surface area contributed by atoms with Gasteiger partial charge in [-0.3, -0.25) is 4.79 Å². The van der Waals surface area contributed by atoms with Gasteiger partial charge in [-0.25, -0.2) is 4.39 Å².